The molecule has 0 aliphatic rings. The predicted octanol–water partition coefficient (Wildman–Crippen LogP) is 2.99. The summed E-state index contributed by atoms with van der Waals surface area (Å²) in [6.45, 7) is 4.04. The van der Waals surface area contributed by atoms with E-state index in [1.807, 2.05) is 44.2 Å². The molecule has 17 heavy (non-hydrogen) atoms. The van der Waals surface area contributed by atoms with Crippen LogP contribution >= 0.6 is 0 Å². The molecule has 1 aromatic heterocycles. The molecular formula is C13H14N4. The first-order valence-corrected chi connectivity index (χ1v) is 5.40. The number of hydrogen-bond donors (Lipinski definition) is 1. The molecule has 0 unspecified atom stereocenters. The summed E-state index contributed by atoms with van der Waals surface area (Å²) in [6, 6.07) is 7.92. The van der Waals surface area contributed by atoms with E-state index >= 15 is 0 Å². The third kappa shape index (κ3) is 2.87. The molecule has 4 heteroatoms. The van der Waals surface area contributed by atoms with Crippen molar-refractivity contribution in [1.82, 2.24) is 10.2 Å². The highest BCUT2D eigenvalue weighted by molar-refractivity contribution is 5.91. The number of rotatable bonds is 3. The monoisotopic (exact) mass is 226 g/mol. The molecular weight excluding hydrogens is 212 g/mol. The number of hydrazone groups is 1. The van der Waals surface area contributed by atoms with Crippen LogP contribution in [0.5, 0.6) is 0 Å². The summed E-state index contributed by atoms with van der Waals surface area (Å²) in [5, 5.41) is 14.1. The summed E-state index contributed by atoms with van der Waals surface area (Å²) in [7, 11) is 0. The fraction of sp³-hybridized carbons (Fsp3) is 0.154. The van der Waals surface area contributed by atoms with Gasteiger partial charge in [-0.2, -0.15) is 10.2 Å². The van der Waals surface area contributed by atoms with E-state index in [1.54, 1.807) is 12.4 Å². The quantitative estimate of drug-likeness (QED) is 0.646. The van der Waals surface area contributed by atoms with Crippen molar-refractivity contribution >= 4 is 22.8 Å². The van der Waals surface area contributed by atoms with Crippen LogP contribution in [0.15, 0.2) is 47.2 Å². The minimum absolute atomic E-state index is 0.668. The van der Waals surface area contributed by atoms with E-state index in [0.29, 0.717) is 5.82 Å². The number of fused-ring (bicyclic) bond motifs is 1. The van der Waals surface area contributed by atoms with Crippen LogP contribution in [-0.2, 0) is 0 Å². The molecule has 0 saturated carbocycles. The third-order valence-corrected chi connectivity index (χ3v) is 2.22. The van der Waals surface area contributed by atoms with E-state index in [4.69, 9.17) is 0 Å². The molecule has 2 rings (SSSR count). The highest BCUT2D eigenvalue weighted by atomic mass is 15.3. The van der Waals surface area contributed by atoms with Gasteiger partial charge in [-0.15, -0.1) is 5.10 Å². The van der Waals surface area contributed by atoms with Crippen LogP contribution in [0.25, 0.3) is 10.8 Å². The molecule has 0 bridgehead atoms. The normalized spacial score (nSPS) is 10.7. The van der Waals surface area contributed by atoms with Crippen molar-refractivity contribution in [1.29, 1.82) is 0 Å². The topological polar surface area (TPSA) is 50.2 Å². The fourth-order valence-corrected chi connectivity index (χ4v) is 1.40. The lowest BCUT2D eigenvalue weighted by molar-refractivity contribution is 1.04. The van der Waals surface area contributed by atoms with Crippen LogP contribution in [0.4, 0.5) is 5.82 Å². The largest absolute Gasteiger partial charge is 0.259 e. The third-order valence-electron chi connectivity index (χ3n) is 2.22. The van der Waals surface area contributed by atoms with Gasteiger partial charge < -0.3 is 0 Å². The Morgan fingerprint density at radius 1 is 1.29 bits per heavy atom. The van der Waals surface area contributed by atoms with Crippen molar-refractivity contribution < 1.29 is 0 Å². The number of benzene rings is 1. The van der Waals surface area contributed by atoms with Crippen molar-refractivity contribution in [2.24, 2.45) is 5.10 Å². The Hall–Kier alpha value is -2.23. The molecule has 0 aliphatic carbocycles. The Kier molecular flexibility index (Phi) is 3.45. The van der Waals surface area contributed by atoms with Gasteiger partial charge in [-0.1, -0.05) is 29.8 Å². The van der Waals surface area contributed by atoms with Gasteiger partial charge in [0.25, 0.3) is 0 Å². The zero-order valence-corrected chi connectivity index (χ0v) is 9.88. The van der Waals surface area contributed by atoms with Crippen LogP contribution in [0.2, 0.25) is 0 Å². The van der Waals surface area contributed by atoms with Crippen LogP contribution in [-0.4, -0.2) is 16.4 Å². The number of nitrogens with one attached hydrogen (secondary N) is 1. The molecule has 0 saturated heterocycles. The second-order valence-corrected chi connectivity index (χ2v) is 3.91. The number of anilines is 1. The van der Waals surface area contributed by atoms with Crippen molar-refractivity contribution in [2.75, 3.05) is 5.43 Å². The SMILES string of the molecule is CC(C)=C/C=N\Nc1nncc2ccccc12. The Balaban J connectivity index is 2.24. The Bertz CT molecular complexity index is 563. The summed E-state index contributed by atoms with van der Waals surface area (Å²) in [5.74, 6) is 0.668. The summed E-state index contributed by atoms with van der Waals surface area (Å²) >= 11 is 0. The minimum Gasteiger partial charge on any atom is -0.259 e. The van der Waals surface area contributed by atoms with Crippen LogP contribution in [0.1, 0.15) is 13.8 Å². The van der Waals surface area contributed by atoms with Crippen LogP contribution in [0.3, 0.4) is 0 Å². The van der Waals surface area contributed by atoms with Crippen molar-refractivity contribution in [3.63, 3.8) is 0 Å². The summed E-state index contributed by atoms with van der Waals surface area (Å²) in [4.78, 5) is 0. The van der Waals surface area contributed by atoms with Gasteiger partial charge in [0.1, 0.15) is 0 Å². The first kappa shape index (κ1) is 11.3. The van der Waals surface area contributed by atoms with Gasteiger partial charge in [0.15, 0.2) is 5.82 Å². The first-order valence-electron chi connectivity index (χ1n) is 5.40. The molecule has 4 nitrogen and oxygen atoms in total. The second-order valence-electron chi connectivity index (χ2n) is 3.91. The molecule has 1 aromatic carbocycles. The van der Waals surface area contributed by atoms with Gasteiger partial charge in [0.2, 0.25) is 0 Å². The predicted molar refractivity (Wildman–Crippen MR) is 71.1 cm³/mol. The first-order chi connectivity index (χ1) is 8.27. The van der Waals surface area contributed by atoms with E-state index in [9.17, 15) is 0 Å². The molecule has 1 heterocycles. The lowest BCUT2D eigenvalue weighted by atomic mass is 10.2. The van der Waals surface area contributed by atoms with Gasteiger partial charge in [-0.05, 0) is 19.9 Å². The highest BCUT2D eigenvalue weighted by Crippen LogP contribution is 2.18. The number of hydrogen-bond acceptors (Lipinski definition) is 4. The Morgan fingerprint density at radius 2 is 2.12 bits per heavy atom. The number of allylic oxidation sites excluding steroid dienone is 2. The van der Waals surface area contributed by atoms with Gasteiger partial charge >= 0.3 is 0 Å². The Morgan fingerprint density at radius 3 is 2.94 bits per heavy atom. The molecule has 0 atom stereocenters. The molecule has 2 aromatic rings. The zero-order chi connectivity index (χ0) is 12.1. The summed E-state index contributed by atoms with van der Waals surface area (Å²) in [6.07, 6.45) is 5.37. The molecule has 0 spiro atoms. The lowest BCUT2D eigenvalue weighted by Gasteiger charge is -2.02. The van der Waals surface area contributed by atoms with Gasteiger partial charge in [0.05, 0.1) is 6.20 Å². The smallest absolute Gasteiger partial charge is 0.176 e. The highest BCUT2D eigenvalue weighted by Gasteiger charge is 1.99. The maximum Gasteiger partial charge on any atom is 0.176 e. The van der Waals surface area contributed by atoms with Crippen molar-refractivity contribution in [2.45, 2.75) is 13.8 Å². The van der Waals surface area contributed by atoms with Gasteiger partial charge in [-0.25, -0.2) is 0 Å². The average molecular weight is 226 g/mol. The van der Waals surface area contributed by atoms with Crippen LogP contribution < -0.4 is 5.43 Å². The standard InChI is InChI=1S/C13H14N4/c1-10(2)7-8-14-16-13-12-6-4-3-5-11(12)9-15-17-13/h3-9H,1-2H3,(H,16,17)/b14-8-. The van der Waals surface area contributed by atoms with Crippen LogP contribution in [0, 0.1) is 0 Å². The Labute approximate surface area is 100 Å². The fourth-order valence-electron chi connectivity index (χ4n) is 1.40. The molecule has 1 N–H and O–H groups in total. The minimum atomic E-state index is 0.668. The van der Waals surface area contributed by atoms with E-state index in [-0.39, 0.29) is 0 Å². The molecule has 0 fully saturated rings. The van der Waals surface area contributed by atoms with Gasteiger partial charge in [0, 0.05) is 17.0 Å². The molecule has 86 valence electrons. The average Bonchev–Trinajstić information content (AvgIpc) is 2.34. The van der Waals surface area contributed by atoms with E-state index in [0.717, 1.165) is 10.8 Å². The molecule has 0 amide bonds. The van der Waals surface area contributed by atoms with Gasteiger partial charge in [-0.3, -0.25) is 5.43 Å². The maximum atomic E-state index is 4.08. The van der Waals surface area contributed by atoms with E-state index in [2.05, 4.69) is 20.7 Å². The number of nitrogens with zero attached hydrogens (tertiary/aromatic N) is 3. The van der Waals surface area contributed by atoms with Crippen molar-refractivity contribution in [3.05, 3.63) is 42.1 Å². The lowest BCUT2D eigenvalue weighted by Crippen LogP contribution is -1.95. The zero-order valence-electron chi connectivity index (χ0n) is 9.88. The maximum absolute atomic E-state index is 4.08. The summed E-state index contributed by atoms with van der Waals surface area (Å²) in [5.41, 5.74) is 4.09. The summed E-state index contributed by atoms with van der Waals surface area (Å²) < 4.78 is 0. The van der Waals surface area contributed by atoms with E-state index < -0.39 is 0 Å². The van der Waals surface area contributed by atoms with E-state index in [1.165, 1.54) is 5.57 Å². The number of aromatic nitrogens is 2. The van der Waals surface area contributed by atoms with Crippen molar-refractivity contribution in [3.8, 4) is 0 Å². The second kappa shape index (κ2) is 5.21. The molecule has 0 aliphatic heterocycles. The molecule has 0 radical (unpaired) electrons.